The van der Waals surface area contributed by atoms with Gasteiger partial charge in [0.05, 0.1) is 18.0 Å². The Hall–Kier alpha value is -4.19. The first-order valence-corrected chi connectivity index (χ1v) is 10.7. The highest BCUT2D eigenvalue weighted by atomic mass is 16.5. The van der Waals surface area contributed by atoms with Gasteiger partial charge in [0.1, 0.15) is 29.1 Å². The fourth-order valence-electron chi connectivity index (χ4n) is 3.32. The van der Waals surface area contributed by atoms with Crippen molar-refractivity contribution < 1.29 is 13.9 Å². The molecule has 4 N–H and O–H groups in total. The van der Waals surface area contributed by atoms with E-state index in [0.717, 1.165) is 0 Å². The van der Waals surface area contributed by atoms with Crippen LogP contribution in [0.2, 0.25) is 0 Å². The highest BCUT2D eigenvalue weighted by Crippen LogP contribution is 2.21. The number of carbonyl (C=O) groups excluding carboxylic acids is 1. The van der Waals surface area contributed by atoms with Gasteiger partial charge < -0.3 is 25.5 Å². The number of amides is 1. The van der Waals surface area contributed by atoms with Crippen LogP contribution >= 0.6 is 0 Å². The third-order valence-corrected chi connectivity index (χ3v) is 5.40. The summed E-state index contributed by atoms with van der Waals surface area (Å²) < 4.78 is 13.0. The van der Waals surface area contributed by atoms with Crippen molar-refractivity contribution in [2.45, 2.75) is 32.3 Å². The number of carbonyl (C=O) groups is 1. The van der Waals surface area contributed by atoms with E-state index in [9.17, 15) is 9.59 Å². The summed E-state index contributed by atoms with van der Waals surface area (Å²) in [5.41, 5.74) is 6.35. The maximum Gasteiger partial charge on any atom is 0.308 e. The standard InChI is InChI=1S/C17H16N8O3.C5H10O/c1-9-8-28-17(21-9)24-5-3-4-11(16(24)27)22-12-6-13(19-2)25-15(23-12)10(7-20-25)14(18)26;1-6-5-3-2-4-5/h3-8,19H,1-2H3,(H2,18,26)(H,22,23);5H,2-4H2,1H3. The molecule has 0 bridgehead atoms. The van der Waals surface area contributed by atoms with Gasteiger partial charge >= 0.3 is 6.01 Å². The van der Waals surface area contributed by atoms with E-state index in [1.807, 2.05) is 0 Å². The van der Waals surface area contributed by atoms with Gasteiger partial charge in [-0.1, -0.05) is 0 Å². The predicted molar refractivity (Wildman–Crippen MR) is 126 cm³/mol. The van der Waals surface area contributed by atoms with Gasteiger partial charge in [0.2, 0.25) is 0 Å². The van der Waals surface area contributed by atoms with Gasteiger partial charge in [-0.25, -0.2) is 9.55 Å². The molecule has 12 heteroatoms. The fraction of sp³-hybridized carbons (Fsp3) is 0.318. The van der Waals surface area contributed by atoms with E-state index in [-0.39, 0.29) is 28.5 Å². The van der Waals surface area contributed by atoms with Gasteiger partial charge in [-0.05, 0) is 38.3 Å². The van der Waals surface area contributed by atoms with E-state index in [1.54, 1.807) is 45.5 Å². The van der Waals surface area contributed by atoms with E-state index in [2.05, 4.69) is 25.7 Å². The number of oxazole rings is 1. The Bertz CT molecular complexity index is 1370. The van der Waals surface area contributed by atoms with Crippen molar-refractivity contribution >= 4 is 28.9 Å². The number of aryl methyl sites for hydroxylation is 1. The predicted octanol–water partition coefficient (Wildman–Crippen LogP) is 2.25. The molecule has 0 aliphatic heterocycles. The molecule has 0 radical (unpaired) electrons. The Labute approximate surface area is 194 Å². The molecule has 34 heavy (non-hydrogen) atoms. The minimum atomic E-state index is -0.650. The first-order valence-electron chi connectivity index (χ1n) is 10.7. The molecule has 5 rings (SSSR count). The second kappa shape index (κ2) is 9.75. The molecule has 12 nitrogen and oxygen atoms in total. The van der Waals surface area contributed by atoms with Gasteiger partial charge in [-0.3, -0.25) is 9.59 Å². The zero-order valence-corrected chi connectivity index (χ0v) is 19.1. The molecule has 4 aromatic heterocycles. The molecule has 0 spiro atoms. The lowest BCUT2D eigenvalue weighted by atomic mass is 9.96. The number of pyridine rings is 1. The lowest BCUT2D eigenvalue weighted by Crippen LogP contribution is -2.21. The lowest BCUT2D eigenvalue weighted by Gasteiger charge is -2.22. The molecule has 1 amide bonds. The molecular weight excluding hydrogens is 440 g/mol. The van der Waals surface area contributed by atoms with Crippen molar-refractivity contribution in [1.29, 1.82) is 0 Å². The van der Waals surface area contributed by atoms with Gasteiger partial charge in [-0.2, -0.15) is 14.6 Å². The second-order valence-electron chi connectivity index (χ2n) is 7.72. The molecule has 178 valence electrons. The lowest BCUT2D eigenvalue weighted by molar-refractivity contribution is 0.0412. The van der Waals surface area contributed by atoms with Crippen LogP contribution < -0.4 is 21.9 Å². The number of hydrogen-bond acceptors (Lipinski definition) is 9. The van der Waals surface area contributed by atoms with Crippen molar-refractivity contribution in [3.63, 3.8) is 0 Å². The molecule has 0 unspecified atom stereocenters. The molecule has 1 saturated carbocycles. The van der Waals surface area contributed by atoms with E-state index >= 15 is 0 Å². The molecule has 4 aromatic rings. The molecule has 0 aromatic carbocycles. The van der Waals surface area contributed by atoms with E-state index < -0.39 is 5.91 Å². The maximum absolute atomic E-state index is 12.8. The minimum absolute atomic E-state index is 0.164. The average molecular weight is 467 g/mol. The molecule has 0 atom stereocenters. The summed E-state index contributed by atoms with van der Waals surface area (Å²) in [6.45, 7) is 1.76. The number of nitrogens with zero attached hydrogens (tertiary/aromatic N) is 5. The smallest absolute Gasteiger partial charge is 0.308 e. The number of aromatic nitrogens is 5. The number of hydrogen-bond donors (Lipinski definition) is 3. The molecule has 1 aliphatic rings. The monoisotopic (exact) mass is 466 g/mol. The quantitative estimate of drug-likeness (QED) is 0.388. The van der Waals surface area contributed by atoms with Crippen LogP contribution in [0.4, 0.5) is 17.3 Å². The Morgan fingerprint density at radius 1 is 1.32 bits per heavy atom. The number of primary amides is 1. The summed E-state index contributed by atoms with van der Waals surface area (Å²) in [5, 5.41) is 10.0. The molecular formula is C22H26N8O4. The maximum atomic E-state index is 12.8. The van der Waals surface area contributed by atoms with Crippen LogP contribution in [-0.4, -0.2) is 50.3 Å². The van der Waals surface area contributed by atoms with Gasteiger partial charge in [0, 0.05) is 26.4 Å². The van der Waals surface area contributed by atoms with Crippen LogP contribution in [0.3, 0.4) is 0 Å². The van der Waals surface area contributed by atoms with Gasteiger partial charge in [-0.15, -0.1) is 0 Å². The van der Waals surface area contributed by atoms with E-state index in [0.29, 0.717) is 23.4 Å². The third-order valence-electron chi connectivity index (χ3n) is 5.40. The Morgan fingerprint density at radius 3 is 2.68 bits per heavy atom. The zero-order valence-electron chi connectivity index (χ0n) is 19.1. The molecule has 0 saturated heterocycles. The Morgan fingerprint density at radius 2 is 2.12 bits per heavy atom. The van der Waals surface area contributed by atoms with Crippen LogP contribution in [0.1, 0.15) is 35.3 Å². The van der Waals surface area contributed by atoms with Crippen molar-refractivity contribution in [1.82, 2.24) is 24.1 Å². The number of anilines is 3. The summed E-state index contributed by atoms with van der Waals surface area (Å²) in [6.07, 6.45) is 8.92. The van der Waals surface area contributed by atoms with Crippen molar-refractivity contribution in [3.8, 4) is 6.01 Å². The van der Waals surface area contributed by atoms with Crippen molar-refractivity contribution in [2.75, 3.05) is 24.8 Å². The summed E-state index contributed by atoms with van der Waals surface area (Å²) in [7, 11) is 3.48. The van der Waals surface area contributed by atoms with Gasteiger partial charge in [0.25, 0.3) is 11.5 Å². The Kier molecular flexibility index (Phi) is 6.59. The SMILES string of the molecule is CNc1cc(Nc2cccn(-c3nc(C)co3)c2=O)nc2c(C(N)=O)cnn12.COC1CCC1. The van der Waals surface area contributed by atoms with E-state index in [4.69, 9.17) is 14.9 Å². The van der Waals surface area contributed by atoms with Crippen LogP contribution in [0.15, 0.2) is 46.1 Å². The topological polar surface area (TPSA) is 155 Å². The zero-order chi connectivity index (χ0) is 24.2. The number of fused-ring (bicyclic) bond motifs is 1. The number of nitrogens with one attached hydrogen (secondary N) is 2. The average Bonchev–Trinajstić information content (AvgIpc) is 3.40. The summed E-state index contributed by atoms with van der Waals surface area (Å²) in [6, 6.07) is 5.09. The van der Waals surface area contributed by atoms with Crippen LogP contribution in [0, 0.1) is 6.92 Å². The molecule has 1 aliphatic carbocycles. The second-order valence-corrected chi connectivity index (χ2v) is 7.72. The van der Waals surface area contributed by atoms with Crippen LogP contribution in [0.25, 0.3) is 11.7 Å². The fourth-order valence-corrected chi connectivity index (χ4v) is 3.32. The first kappa shape index (κ1) is 23.0. The molecule has 1 fully saturated rings. The number of ether oxygens (including phenoxy) is 1. The van der Waals surface area contributed by atoms with Crippen molar-refractivity contribution in [2.24, 2.45) is 5.73 Å². The largest absolute Gasteiger partial charge is 0.431 e. The van der Waals surface area contributed by atoms with Crippen LogP contribution in [0.5, 0.6) is 0 Å². The Balaban J connectivity index is 0.000000398. The first-order chi connectivity index (χ1) is 16.4. The van der Waals surface area contributed by atoms with Crippen LogP contribution in [-0.2, 0) is 4.74 Å². The van der Waals surface area contributed by atoms with Crippen molar-refractivity contribution in [3.05, 3.63) is 58.5 Å². The van der Waals surface area contributed by atoms with E-state index in [1.165, 1.54) is 40.8 Å². The molecule has 4 heterocycles. The summed E-state index contributed by atoms with van der Waals surface area (Å²) >= 11 is 0. The van der Waals surface area contributed by atoms with Gasteiger partial charge in [0.15, 0.2) is 5.65 Å². The summed E-state index contributed by atoms with van der Waals surface area (Å²) in [4.78, 5) is 32.9. The number of nitrogens with two attached hydrogens (primary N) is 1. The normalized spacial score (nSPS) is 13.1. The minimum Gasteiger partial charge on any atom is -0.431 e. The number of methoxy groups -OCH3 is 1. The highest BCUT2D eigenvalue weighted by molar-refractivity contribution is 5.98. The number of rotatable bonds is 6. The highest BCUT2D eigenvalue weighted by Gasteiger charge is 2.16. The summed E-state index contributed by atoms with van der Waals surface area (Å²) in [5.74, 6) is 0.237. The third kappa shape index (κ3) is 4.62.